The Morgan fingerprint density at radius 1 is 1.62 bits per heavy atom. The van der Waals surface area contributed by atoms with Crippen LogP contribution in [0.1, 0.15) is 13.8 Å². The topological polar surface area (TPSA) is 62.2 Å². The number of amidine groups is 1. The quantitative estimate of drug-likeness (QED) is 0.317. The van der Waals surface area contributed by atoms with Crippen molar-refractivity contribution in [3.63, 3.8) is 0 Å². The van der Waals surface area contributed by atoms with Gasteiger partial charge in [-0.25, -0.2) is 0 Å². The largest absolute Gasteiger partial charge is 0.387 e. The van der Waals surface area contributed by atoms with Gasteiger partial charge in [0.05, 0.1) is 5.04 Å². The molecule has 0 saturated carbocycles. The molecule has 0 aromatic rings. The average Bonchev–Trinajstić information content (AvgIpc) is 1.61. The third kappa shape index (κ3) is 5.49. The maximum Gasteiger partial charge on any atom is 0.105 e. The third-order valence-corrected chi connectivity index (χ3v) is 0.980. The first kappa shape index (κ1) is 7.49. The van der Waals surface area contributed by atoms with Crippen LogP contribution in [0.25, 0.3) is 0 Å². The Kier molecular flexibility index (Phi) is 3.26. The Morgan fingerprint density at radius 2 is 2.12 bits per heavy atom. The molecule has 3 N–H and O–H groups in total. The molecule has 0 saturated heterocycles. The fraction of sp³-hybridized carbons (Fsp3) is 0.500. The molecule has 0 atom stereocenters. The number of hydrogen-bond acceptors (Lipinski definition) is 3. The molecule has 0 aromatic heterocycles. The van der Waals surface area contributed by atoms with E-state index in [2.05, 4.69) is 4.40 Å². The van der Waals surface area contributed by atoms with Crippen LogP contribution in [0.15, 0.2) is 4.40 Å². The van der Waals surface area contributed by atoms with E-state index in [1.54, 1.807) is 13.8 Å². The van der Waals surface area contributed by atoms with Crippen molar-refractivity contribution in [2.75, 3.05) is 0 Å². The van der Waals surface area contributed by atoms with Gasteiger partial charge >= 0.3 is 0 Å². The molecular weight excluding hydrogens is 122 g/mol. The summed E-state index contributed by atoms with van der Waals surface area (Å²) in [5.41, 5.74) is 5.17. The molecular formula is C4H9N3S. The Labute approximate surface area is 53.0 Å². The van der Waals surface area contributed by atoms with Crippen molar-refractivity contribution in [1.82, 2.24) is 0 Å². The van der Waals surface area contributed by atoms with Crippen molar-refractivity contribution in [3.8, 4) is 0 Å². The third-order valence-electron chi connectivity index (χ3n) is 0.327. The van der Waals surface area contributed by atoms with Gasteiger partial charge in [0.2, 0.25) is 0 Å². The zero-order valence-corrected chi connectivity index (χ0v) is 5.75. The summed E-state index contributed by atoms with van der Waals surface area (Å²) in [6, 6.07) is 0. The predicted molar refractivity (Wildman–Crippen MR) is 38.3 cm³/mol. The molecule has 0 aliphatic carbocycles. The lowest BCUT2D eigenvalue weighted by atomic mass is 10.8. The molecule has 0 bridgehead atoms. The van der Waals surface area contributed by atoms with Crippen LogP contribution in [0, 0.1) is 5.41 Å². The zero-order valence-electron chi connectivity index (χ0n) is 4.93. The van der Waals surface area contributed by atoms with Gasteiger partial charge in [0.25, 0.3) is 0 Å². The molecule has 0 spiro atoms. The maximum atomic E-state index is 6.89. The Morgan fingerprint density at radius 3 is 2.25 bits per heavy atom. The summed E-state index contributed by atoms with van der Waals surface area (Å²) in [6.45, 7) is 3.35. The molecule has 3 nitrogen and oxygen atoms in total. The lowest BCUT2D eigenvalue weighted by Crippen LogP contribution is -2.03. The van der Waals surface area contributed by atoms with Crippen LogP contribution in [0.2, 0.25) is 0 Å². The van der Waals surface area contributed by atoms with E-state index in [0.29, 0.717) is 10.9 Å². The number of nitrogens with one attached hydrogen (secondary N) is 1. The summed E-state index contributed by atoms with van der Waals surface area (Å²) in [6.07, 6.45) is 0. The summed E-state index contributed by atoms with van der Waals surface area (Å²) >= 11 is 1.09. The van der Waals surface area contributed by atoms with E-state index in [1.807, 2.05) is 0 Å². The minimum Gasteiger partial charge on any atom is -0.387 e. The molecule has 0 unspecified atom stereocenters. The van der Waals surface area contributed by atoms with Crippen LogP contribution in [-0.2, 0) is 0 Å². The number of nitrogens with zero attached hydrogens (tertiary/aromatic N) is 1. The van der Waals surface area contributed by atoms with Gasteiger partial charge in [-0.05, 0) is 13.8 Å². The average molecular weight is 131 g/mol. The van der Waals surface area contributed by atoms with Gasteiger partial charge in [-0.2, -0.15) is 4.40 Å². The molecule has 4 heteroatoms. The van der Waals surface area contributed by atoms with Gasteiger partial charge in [0.1, 0.15) is 5.84 Å². The molecule has 0 aromatic carbocycles. The van der Waals surface area contributed by atoms with Gasteiger partial charge in [-0.1, -0.05) is 0 Å². The molecule has 0 radical (unpaired) electrons. The van der Waals surface area contributed by atoms with Crippen molar-refractivity contribution in [2.45, 2.75) is 13.8 Å². The van der Waals surface area contributed by atoms with Crippen molar-refractivity contribution < 1.29 is 0 Å². The summed E-state index contributed by atoms with van der Waals surface area (Å²) in [4.78, 5) is 0. The predicted octanol–water partition coefficient (Wildman–Crippen LogP) is 1.01. The fourth-order valence-corrected chi connectivity index (χ4v) is 0.421. The van der Waals surface area contributed by atoms with Crippen LogP contribution in [0.5, 0.6) is 0 Å². The molecule has 0 amide bonds. The van der Waals surface area contributed by atoms with Crippen molar-refractivity contribution in [3.05, 3.63) is 0 Å². The van der Waals surface area contributed by atoms with E-state index >= 15 is 0 Å². The van der Waals surface area contributed by atoms with Gasteiger partial charge < -0.3 is 5.73 Å². The van der Waals surface area contributed by atoms with Gasteiger partial charge in [0.15, 0.2) is 0 Å². The molecule has 0 aliphatic heterocycles. The maximum absolute atomic E-state index is 6.89. The van der Waals surface area contributed by atoms with Crippen LogP contribution < -0.4 is 5.73 Å². The monoisotopic (exact) mass is 131 g/mol. The van der Waals surface area contributed by atoms with E-state index in [9.17, 15) is 0 Å². The van der Waals surface area contributed by atoms with E-state index < -0.39 is 0 Å². The molecule has 46 valence electrons. The van der Waals surface area contributed by atoms with Crippen LogP contribution in [0.3, 0.4) is 0 Å². The van der Waals surface area contributed by atoms with E-state index in [1.165, 1.54) is 0 Å². The molecule has 0 fully saturated rings. The summed E-state index contributed by atoms with van der Waals surface area (Å²) in [5.74, 6) is 0.501. The smallest absolute Gasteiger partial charge is 0.105 e. The summed E-state index contributed by atoms with van der Waals surface area (Å²) < 4.78 is 3.71. The SMILES string of the molecule is CC(=N)S/N=C(\C)N. The van der Waals surface area contributed by atoms with Gasteiger partial charge in [0, 0.05) is 11.9 Å². The van der Waals surface area contributed by atoms with Crippen LogP contribution >= 0.6 is 11.9 Å². The lowest BCUT2D eigenvalue weighted by molar-refractivity contribution is 1.53. The Balaban J connectivity index is 3.45. The molecule has 8 heavy (non-hydrogen) atoms. The van der Waals surface area contributed by atoms with Crippen LogP contribution in [-0.4, -0.2) is 10.9 Å². The Hall–Kier alpha value is -0.510. The zero-order chi connectivity index (χ0) is 6.57. The second-order valence-electron chi connectivity index (χ2n) is 1.38. The second-order valence-corrected chi connectivity index (χ2v) is 2.36. The minimum absolute atomic E-state index is 0.454. The summed E-state index contributed by atoms with van der Waals surface area (Å²) in [5, 5.41) is 7.34. The second kappa shape index (κ2) is 3.49. The van der Waals surface area contributed by atoms with Crippen molar-refractivity contribution in [1.29, 1.82) is 5.41 Å². The van der Waals surface area contributed by atoms with Gasteiger partial charge in [-0.15, -0.1) is 0 Å². The van der Waals surface area contributed by atoms with Crippen molar-refractivity contribution in [2.24, 2.45) is 10.1 Å². The number of rotatable bonds is 1. The van der Waals surface area contributed by atoms with Crippen molar-refractivity contribution >= 4 is 22.8 Å². The Bertz CT molecular complexity index is 114. The normalized spacial score (nSPS) is 11.5. The first-order valence-corrected chi connectivity index (χ1v) is 2.92. The number of nitrogens with two attached hydrogens (primary N) is 1. The van der Waals surface area contributed by atoms with E-state index in [4.69, 9.17) is 11.1 Å². The van der Waals surface area contributed by atoms with Gasteiger partial charge in [-0.3, -0.25) is 5.41 Å². The lowest BCUT2D eigenvalue weighted by Gasteiger charge is -1.87. The minimum atomic E-state index is 0.454. The molecule has 0 aliphatic rings. The first-order chi connectivity index (χ1) is 3.63. The molecule has 0 heterocycles. The van der Waals surface area contributed by atoms with Crippen LogP contribution in [0.4, 0.5) is 0 Å². The first-order valence-electron chi connectivity index (χ1n) is 2.15. The standard InChI is InChI=1S/C4H9N3S/c1-3(5)7-8-4(2)6/h6H,1-2H3,(H2,5,7). The summed E-state index contributed by atoms with van der Waals surface area (Å²) in [7, 11) is 0. The highest BCUT2D eigenvalue weighted by Crippen LogP contribution is 2.01. The molecule has 0 rings (SSSR count). The van der Waals surface area contributed by atoms with E-state index in [0.717, 1.165) is 11.9 Å². The highest BCUT2D eigenvalue weighted by atomic mass is 32.2. The highest BCUT2D eigenvalue weighted by molar-refractivity contribution is 8.12. The fourth-order valence-electron chi connectivity index (χ4n) is 0.140. The van der Waals surface area contributed by atoms with E-state index in [-0.39, 0.29) is 0 Å². The number of hydrogen-bond donors (Lipinski definition) is 2. The highest BCUT2D eigenvalue weighted by Gasteiger charge is 1.83.